The van der Waals surface area contributed by atoms with Gasteiger partial charge in [-0.15, -0.1) is 0 Å². The maximum atomic E-state index is 12.3. The van der Waals surface area contributed by atoms with Gasteiger partial charge in [0.05, 0.1) is 11.0 Å². The summed E-state index contributed by atoms with van der Waals surface area (Å²) in [6.07, 6.45) is -1.37. The highest BCUT2D eigenvalue weighted by molar-refractivity contribution is 5.69. The largest absolute Gasteiger partial charge is 0.508 e. The number of ether oxygens (including phenoxy) is 1. The van der Waals surface area contributed by atoms with Gasteiger partial charge in [-0.25, -0.2) is 4.79 Å². The van der Waals surface area contributed by atoms with Crippen LogP contribution in [0.4, 0.5) is 4.79 Å². The van der Waals surface area contributed by atoms with Crippen LogP contribution in [0.15, 0.2) is 24.2 Å². The second-order valence-corrected chi connectivity index (χ2v) is 4.64. The summed E-state index contributed by atoms with van der Waals surface area (Å²) >= 11 is 0. The number of benzene rings is 1. The molecule has 0 radical (unpaired) electrons. The number of para-hydroxylation sites is 1. The van der Waals surface area contributed by atoms with Crippen molar-refractivity contribution in [3.05, 3.63) is 29.7 Å². The molecule has 18 heavy (non-hydrogen) atoms. The van der Waals surface area contributed by atoms with Gasteiger partial charge in [0.1, 0.15) is 11.4 Å². The number of phenols is 1. The summed E-state index contributed by atoms with van der Waals surface area (Å²) in [5, 5.41) is 10.2. The van der Waals surface area contributed by atoms with Gasteiger partial charge in [0.2, 0.25) is 0 Å². The van der Waals surface area contributed by atoms with Gasteiger partial charge in [-0.1, -0.05) is 18.1 Å². The number of aromatic hydroxyl groups is 1. The highest BCUT2D eigenvalue weighted by atomic mass is 16.6. The van der Waals surface area contributed by atoms with E-state index in [9.17, 15) is 9.90 Å². The van der Waals surface area contributed by atoms with Gasteiger partial charge in [0.15, 0.2) is 0 Å². The lowest BCUT2D eigenvalue weighted by Gasteiger charge is -2.40. The van der Waals surface area contributed by atoms with Crippen molar-refractivity contribution in [1.29, 1.82) is 0 Å². The molecule has 1 aromatic rings. The van der Waals surface area contributed by atoms with E-state index in [1.807, 2.05) is 0 Å². The lowest BCUT2D eigenvalue weighted by molar-refractivity contribution is 0.00799. The monoisotopic (exact) mass is 258 g/mol. The molecule has 98 valence electrons. The van der Waals surface area contributed by atoms with Crippen molar-refractivity contribution in [2.45, 2.75) is 32.3 Å². The summed E-state index contributed by atoms with van der Waals surface area (Å²) in [6, 6.07) is -3.56. The number of amides is 1. The van der Waals surface area contributed by atoms with E-state index < -0.39 is 66.1 Å². The van der Waals surface area contributed by atoms with Gasteiger partial charge < -0.3 is 14.7 Å². The normalized spacial score (nSPS) is 30.8. The molecular weight excluding hydrogens is 230 g/mol. The number of nitrogens with zero attached hydrogens (tertiary/aromatic N) is 1. The van der Waals surface area contributed by atoms with Gasteiger partial charge in [-0.3, -0.25) is 0 Å². The highest BCUT2D eigenvalue weighted by Crippen LogP contribution is 2.33. The number of hydrogen-bond donors (Lipinski definition) is 1. The van der Waals surface area contributed by atoms with E-state index in [0.29, 0.717) is 0 Å². The van der Waals surface area contributed by atoms with E-state index in [0.717, 1.165) is 0 Å². The molecule has 2 rings (SSSR count). The summed E-state index contributed by atoms with van der Waals surface area (Å²) < 4.78 is 76.5. The first-order chi connectivity index (χ1) is 11.9. The molecule has 1 aromatic carbocycles. The first-order valence-corrected chi connectivity index (χ1v) is 5.26. The Hall–Kier alpha value is -1.71. The molecule has 0 unspecified atom stereocenters. The Morgan fingerprint density at radius 3 is 2.78 bits per heavy atom. The van der Waals surface area contributed by atoms with E-state index in [1.165, 1.54) is 20.8 Å². The topological polar surface area (TPSA) is 49.8 Å². The SMILES string of the molecule is [2H]c1c([2H])c([2H])c(C2([2H])C([2H])([2H])N(C(=O)OC(C)(C)C)C2([2H])[2H])c(O)c1[2H]. The maximum Gasteiger partial charge on any atom is 0.410 e. The number of carbonyl (C=O) groups excluding carboxylic acids is 1. The lowest BCUT2D eigenvalue weighted by atomic mass is 9.91. The standard InChI is InChI=1S/C14H19NO3/c1-14(2,3)18-13(17)15-8-10(9-15)11-6-4-5-7-12(11)16/h4-7,10,16H,8-9H2,1-3H3/i4D,5D,6D,7D,8D2,9D2,10D. The second kappa shape index (κ2) is 4.52. The molecule has 4 nitrogen and oxygen atoms in total. The Kier molecular flexibility index (Phi) is 1.38. The maximum absolute atomic E-state index is 12.3. The highest BCUT2D eigenvalue weighted by Gasteiger charge is 2.35. The van der Waals surface area contributed by atoms with E-state index in [4.69, 9.17) is 17.1 Å². The van der Waals surface area contributed by atoms with Crippen LogP contribution >= 0.6 is 0 Å². The minimum atomic E-state index is -3.07. The molecule has 1 amide bonds. The third kappa shape index (κ3) is 2.75. The molecule has 0 bridgehead atoms. The average molecular weight is 258 g/mol. The van der Waals surface area contributed by atoms with Crippen LogP contribution in [0, 0.1) is 0 Å². The molecule has 1 aliphatic rings. The summed E-state index contributed by atoms with van der Waals surface area (Å²) in [6.45, 7) is -1.68. The van der Waals surface area contributed by atoms with Crippen LogP contribution in [0.5, 0.6) is 5.75 Å². The van der Waals surface area contributed by atoms with Crippen molar-refractivity contribution in [3.8, 4) is 5.75 Å². The smallest absolute Gasteiger partial charge is 0.410 e. The zero-order valence-electron chi connectivity index (χ0n) is 19.2. The van der Waals surface area contributed by atoms with E-state index >= 15 is 0 Å². The van der Waals surface area contributed by atoms with Crippen molar-refractivity contribution < 1.29 is 27.0 Å². The van der Waals surface area contributed by atoms with Crippen LogP contribution in [0.1, 0.15) is 44.6 Å². The van der Waals surface area contributed by atoms with Crippen LogP contribution < -0.4 is 0 Å². The molecule has 1 saturated heterocycles. The average Bonchev–Trinajstić information content (AvgIpc) is 2.48. The van der Waals surface area contributed by atoms with Gasteiger partial charge in [0.25, 0.3) is 0 Å². The van der Waals surface area contributed by atoms with Gasteiger partial charge in [-0.2, -0.15) is 0 Å². The minimum absolute atomic E-state index is 0.0545. The molecule has 1 heterocycles. The molecule has 4 heteroatoms. The first-order valence-electron chi connectivity index (χ1n) is 9.76. The van der Waals surface area contributed by atoms with E-state index in [2.05, 4.69) is 0 Å². The molecule has 1 N–H and O–H groups in total. The summed E-state index contributed by atoms with van der Waals surface area (Å²) in [5.41, 5.74) is -2.04. The molecule has 0 aromatic heterocycles. The lowest BCUT2D eigenvalue weighted by Crippen LogP contribution is -2.50. The summed E-state index contributed by atoms with van der Waals surface area (Å²) in [5.74, 6) is -4.18. The summed E-state index contributed by atoms with van der Waals surface area (Å²) in [7, 11) is 0. The van der Waals surface area contributed by atoms with Crippen LogP contribution in [0.25, 0.3) is 0 Å². The molecule has 1 aliphatic heterocycles. The Morgan fingerprint density at radius 2 is 2.17 bits per heavy atom. The minimum Gasteiger partial charge on any atom is -0.508 e. The molecule has 0 spiro atoms. The predicted molar refractivity (Wildman–Crippen MR) is 68.7 cm³/mol. The van der Waals surface area contributed by atoms with Crippen molar-refractivity contribution in [2.24, 2.45) is 0 Å². The van der Waals surface area contributed by atoms with Gasteiger partial charge >= 0.3 is 6.09 Å². The third-order valence-electron chi connectivity index (χ3n) is 1.94. The fourth-order valence-electron chi connectivity index (χ4n) is 1.22. The zero-order valence-corrected chi connectivity index (χ0v) is 10.2. The van der Waals surface area contributed by atoms with Crippen LogP contribution in [0.2, 0.25) is 0 Å². The van der Waals surface area contributed by atoms with Crippen molar-refractivity contribution >= 4 is 6.09 Å². The molecule has 0 aliphatic carbocycles. The molecule has 1 fully saturated rings. The van der Waals surface area contributed by atoms with Crippen LogP contribution in [0.3, 0.4) is 0 Å². The fraction of sp³-hybridized carbons (Fsp3) is 0.500. The number of hydrogen-bond acceptors (Lipinski definition) is 3. The van der Waals surface area contributed by atoms with E-state index in [1.54, 1.807) is 0 Å². The van der Waals surface area contributed by atoms with Crippen LogP contribution in [-0.4, -0.2) is 34.7 Å². The van der Waals surface area contributed by atoms with Crippen molar-refractivity contribution in [3.63, 3.8) is 0 Å². The Labute approximate surface area is 120 Å². The molecule has 0 atom stereocenters. The zero-order chi connectivity index (χ0) is 21.3. The number of phenolic OH excluding ortho intramolecular Hbond substituents is 1. The summed E-state index contributed by atoms with van der Waals surface area (Å²) in [4.78, 5) is 12.3. The van der Waals surface area contributed by atoms with Gasteiger partial charge in [0, 0.05) is 25.8 Å². The fourth-order valence-corrected chi connectivity index (χ4v) is 1.22. The first kappa shape index (κ1) is 5.51. The Balaban J connectivity index is 2.69. The molecule has 0 saturated carbocycles. The second-order valence-electron chi connectivity index (χ2n) is 4.64. The number of likely N-dealkylation sites (tertiary alicyclic amines) is 1. The Morgan fingerprint density at radius 1 is 1.56 bits per heavy atom. The number of carbonyl (C=O) groups is 1. The van der Waals surface area contributed by atoms with Crippen molar-refractivity contribution in [1.82, 2.24) is 4.90 Å². The number of rotatable bonds is 1. The van der Waals surface area contributed by atoms with Crippen molar-refractivity contribution in [2.75, 3.05) is 13.0 Å². The van der Waals surface area contributed by atoms with Crippen LogP contribution in [-0.2, 0) is 4.74 Å². The quantitative estimate of drug-likeness (QED) is 0.842. The predicted octanol–water partition coefficient (Wildman–Crippen LogP) is 2.73. The third-order valence-corrected chi connectivity index (χ3v) is 1.94. The van der Waals surface area contributed by atoms with Gasteiger partial charge in [-0.05, 0) is 26.8 Å². The molecular formula is C14H19NO3. The van der Waals surface area contributed by atoms with E-state index in [-0.39, 0.29) is 4.90 Å². The Bertz CT molecular complexity index is 774.